The fourth-order valence-corrected chi connectivity index (χ4v) is 2.01. The van der Waals surface area contributed by atoms with Crippen molar-refractivity contribution in [3.63, 3.8) is 0 Å². The van der Waals surface area contributed by atoms with Crippen molar-refractivity contribution < 1.29 is 19.4 Å². The molecule has 116 valence electrons. The number of benzene rings is 2. The van der Waals surface area contributed by atoms with Crippen LogP contribution in [0.25, 0.3) is 0 Å². The maximum atomic E-state index is 12.4. The Kier molecular flexibility index (Phi) is 4.88. The first-order chi connectivity index (χ1) is 10.5. The molecule has 0 radical (unpaired) electrons. The van der Waals surface area contributed by atoms with Crippen LogP contribution in [0.2, 0.25) is 0 Å². The third kappa shape index (κ3) is 3.69. The van der Waals surface area contributed by atoms with E-state index in [2.05, 4.69) is 0 Å². The van der Waals surface area contributed by atoms with Gasteiger partial charge in [0.05, 0.1) is 7.11 Å². The minimum atomic E-state index is -0.647. The van der Waals surface area contributed by atoms with Crippen LogP contribution in [0, 0.1) is 0 Å². The van der Waals surface area contributed by atoms with Crippen molar-refractivity contribution in [2.24, 2.45) is 0 Å². The molecule has 1 N–H and O–H groups in total. The molecule has 22 heavy (non-hydrogen) atoms. The monoisotopic (exact) mass is 301 g/mol. The van der Waals surface area contributed by atoms with E-state index >= 15 is 0 Å². The van der Waals surface area contributed by atoms with Crippen molar-refractivity contribution in [3.8, 4) is 17.2 Å². The molecule has 0 heterocycles. The summed E-state index contributed by atoms with van der Waals surface area (Å²) < 4.78 is 10.8. The van der Waals surface area contributed by atoms with Crippen LogP contribution in [-0.4, -0.2) is 31.3 Å². The van der Waals surface area contributed by atoms with E-state index in [0.717, 1.165) is 0 Å². The van der Waals surface area contributed by atoms with Gasteiger partial charge in [-0.15, -0.1) is 0 Å². The summed E-state index contributed by atoms with van der Waals surface area (Å²) in [7, 11) is 3.24. The average molecular weight is 301 g/mol. The maximum Gasteiger partial charge on any atom is 0.267 e. The van der Waals surface area contributed by atoms with Crippen LogP contribution in [0.5, 0.6) is 17.2 Å². The van der Waals surface area contributed by atoms with Gasteiger partial charge in [-0.2, -0.15) is 0 Å². The number of ether oxygens (including phenoxy) is 2. The highest BCUT2D eigenvalue weighted by Crippen LogP contribution is 2.22. The molecule has 0 aliphatic rings. The lowest BCUT2D eigenvalue weighted by Gasteiger charge is -2.22. The highest BCUT2D eigenvalue weighted by atomic mass is 16.5. The molecule has 2 rings (SSSR count). The van der Waals surface area contributed by atoms with Gasteiger partial charge in [0, 0.05) is 18.8 Å². The first-order valence-electron chi connectivity index (χ1n) is 6.88. The zero-order chi connectivity index (χ0) is 16.1. The van der Waals surface area contributed by atoms with Crippen molar-refractivity contribution in [2.75, 3.05) is 19.1 Å². The van der Waals surface area contributed by atoms with Crippen LogP contribution in [0.15, 0.2) is 48.5 Å². The molecule has 5 heteroatoms. The molecule has 0 saturated heterocycles. The molecule has 1 atom stereocenters. The van der Waals surface area contributed by atoms with Gasteiger partial charge in [0.1, 0.15) is 17.2 Å². The van der Waals surface area contributed by atoms with E-state index in [1.807, 2.05) is 6.07 Å². The molecule has 0 aliphatic heterocycles. The number of rotatable bonds is 5. The van der Waals surface area contributed by atoms with Crippen molar-refractivity contribution in [2.45, 2.75) is 13.0 Å². The molecule has 0 aromatic heterocycles. The normalized spacial score (nSPS) is 11.6. The zero-order valence-corrected chi connectivity index (χ0v) is 12.8. The number of carbonyl (C=O) groups excluding carboxylic acids is 1. The Morgan fingerprint density at radius 2 is 1.77 bits per heavy atom. The van der Waals surface area contributed by atoms with E-state index < -0.39 is 6.10 Å². The van der Waals surface area contributed by atoms with Gasteiger partial charge in [0.2, 0.25) is 0 Å². The van der Waals surface area contributed by atoms with E-state index in [0.29, 0.717) is 17.2 Å². The second-order valence-corrected chi connectivity index (χ2v) is 4.85. The number of methoxy groups -OCH3 is 1. The van der Waals surface area contributed by atoms with Gasteiger partial charge in [-0.05, 0) is 43.3 Å². The number of anilines is 1. The molecule has 0 aliphatic carbocycles. The lowest BCUT2D eigenvalue weighted by molar-refractivity contribution is -0.124. The van der Waals surface area contributed by atoms with Crippen LogP contribution in [0.4, 0.5) is 5.69 Å². The Balaban J connectivity index is 2.06. The highest BCUT2D eigenvalue weighted by molar-refractivity contribution is 5.96. The number of aromatic hydroxyl groups is 1. The standard InChI is InChI=1S/C17H19NO4/c1-12(22-16-6-4-5-15(11-16)21-3)17(20)18(2)13-7-9-14(19)10-8-13/h4-12,19H,1-3H3. The molecular formula is C17H19NO4. The molecule has 0 fully saturated rings. The molecule has 2 aromatic rings. The minimum absolute atomic E-state index is 0.158. The van der Waals surface area contributed by atoms with Crippen LogP contribution in [0.1, 0.15) is 6.92 Å². The Morgan fingerprint density at radius 1 is 1.14 bits per heavy atom. The number of carbonyl (C=O) groups is 1. The van der Waals surface area contributed by atoms with Gasteiger partial charge >= 0.3 is 0 Å². The maximum absolute atomic E-state index is 12.4. The molecule has 0 saturated carbocycles. The van der Waals surface area contributed by atoms with Crippen molar-refractivity contribution >= 4 is 11.6 Å². The van der Waals surface area contributed by atoms with Gasteiger partial charge in [-0.25, -0.2) is 0 Å². The van der Waals surface area contributed by atoms with Gasteiger partial charge in [-0.3, -0.25) is 4.79 Å². The Bertz CT molecular complexity index is 639. The Morgan fingerprint density at radius 3 is 2.41 bits per heavy atom. The SMILES string of the molecule is COc1cccc(OC(C)C(=O)N(C)c2ccc(O)cc2)c1. The smallest absolute Gasteiger partial charge is 0.267 e. The number of nitrogens with zero attached hydrogens (tertiary/aromatic N) is 1. The van der Waals surface area contributed by atoms with Crippen molar-refractivity contribution in [1.82, 2.24) is 0 Å². The molecule has 0 spiro atoms. The van der Waals surface area contributed by atoms with Crippen molar-refractivity contribution in [3.05, 3.63) is 48.5 Å². The van der Waals surface area contributed by atoms with Gasteiger partial charge in [0.15, 0.2) is 6.10 Å². The number of hydrogen-bond acceptors (Lipinski definition) is 4. The summed E-state index contributed by atoms with van der Waals surface area (Å²) in [6.07, 6.45) is -0.647. The summed E-state index contributed by atoms with van der Waals surface area (Å²) in [5, 5.41) is 9.29. The molecule has 0 bridgehead atoms. The molecule has 1 unspecified atom stereocenters. The summed E-state index contributed by atoms with van der Waals surface area (Å²) >= 11 is 0. The summed E-state index contributed by atoms with van der Waals surface area (Å²) in [4.78, 5) is 13.9. The summed E-state index contributed by atoms with van der Waals surface area (Å²) in [6, 6.07) is 13.5. The fourth-order valence-electron chi connectivity index (χ4n) is 2.01. The Hall–Kier alpha value is -2.69. The number of phenolic OH excluding ortho intramolecular Hbond substituents is 1. The average Bonchev–Trinajstić information content (AvgIpc) is 2.54. The topological polar surface area (TPSA) is 59.0 Å². The van der Waals surface area contributed by atoms with Gasteiger partial charge < -0.3 is 19.5 Å². The number of likely N-dealkylation sites (N-methyl/N-ethyl adjacent to an activating group) is 1. The number of amides is 1. The van der Waals surface area contributed by atoms with E-state index in [9.17, 15) is 9.90 Å². The molecule has 2 aromatic carbocycles. The lowest BCUT2D eigenvalue weighted by atomic mass is 10.2. The molecule has 1 amide bonds. The molecular weight excluding hydrogens is 282 g/mol. The highest BCUT2D eigenvalue weighted by Gasteiger charge is 2.20. The van der Waals surface area contributed by atoms with E-state index in [-0.39, 0.29) is 11.7 Å². The van der Waals surface area contributed by atoms with Crippen LogP contribution < -0.4 is 14.4 Å². The number of hydrogen-bond donors (Lipinski definition) is 1. The van der Waals surface area contributed by atoms with Crippen molar-refractivity contribution in [1.29, 1.82) is 0 Å². The largest absolute Gasteiger partial charge is 0.508 e. The van der Waals surface area contributed by atoms with E-state index in [1.54, 1.807) is 51.4 Å². The van der Waals surface area contributed by atoms with E-state index in [1.165, 1.54) is 17.0 Å². The minimum Gasteiger partial charge on any atom is -0.508 e. The first kappa shape index (κ1) is 15.7. The van der Waals surface area contributed by atoms with Crippen LogP contribution in [-0.2, 0) is 4.79 Å². The quantitative estimate of drug-likeness (QED) is 0.922. The molecule has 5 nitrogen and oxygen atoms in total. The predicted molar refractivity (Wildman–Crippen MR) is 84.6 cm³/mol. The van der Waals surface area contributed by atoms with Crippen LogP contribution in [0.3, 0.4) is 0 Å². The lowest BCUT2D eigenvalue weighted by Crippen LogP contribution is -2.37. The van der Waals surface area contributed by atoms with Gasteiger partial charge in [0.25, 0.3) is 5.91 Å². The number of phenols is 1. The summed E-state index contributed by atoms with van der Waals surface area (Å²) in [6.45, 7) is 1.69. The first-order valence-corrected chi connectivity index (χ1v) is 6.88. The zero-order valence-electron chi connectivity index (χ0n) is 12.8. The fraction of sp³-hybridized carbons (Fsp3) is 0.235. The van der Waals surface area contributed by atoms with E-state index in [4.69, 9.17) is 9.47 Å². The second kappa shape index (κ2) is 6.85. The third-order valence-corrected chi connectivity index (χ3v) is 3.27. The Labute approximate surface area is 129 Å². The second-order valence-electron chi connectivity index (χ2n) is 4.85. The summed E-state index contributed by atoms with van der Waals surface area (Å²) in [5.41, 5.74) is 0.684. The summed E-state index contributed by atoms with van der Waals surface area (Å²) in [5.74, 6) is 1.21. The third-order valence-electron chi connectivity index (χ3n) is 3.27. The van der Waals surface area contributed by atoms with Crippen LogP contribution >= 0.6 is 0 Å². The predicted octanol–water partition coefficient (Wildman–Crippen LogP) is 2.83. The van der Waals surface area contributed by atoms with Gasteiger partial charge in [-0.1, -0.05) is 6.07 Å².